The maximum absolute atomic E-state index is 11.5. The number of urea groups is 1. The topological polar surface area (TPSA) is 94.6 Å². The maximum Gasteiger partial charge on any atom is 0.337 e. The van der Waals surface area contributed by atoms with Crippen LogP contribution >= 0.6 is 0 Å². The lowest BCUT2D eigenvalue weighted by Crippen LogP contribution is -2.31. The lowest BCUT2D eigenvalue weighted by molar-refractivity contribution is 0.0696. The molecular weight excluding hydrogens is 248 g/mol. The molecule has 0 radical (unpaired) electrons. The molecule has 104 valence electrons. The molecule has 0 aliphatic heterocycles. The smallest absolute Gasteiger partial charge is 0.337 e. The third-order valence-electron chi connectivity index (χ3n) is 2.31. The molecule has 7 heteroatoms. The summed E-state index contributed by atoms with van der Waals surface area (Å²) in [4.78, 5) is 28.0. The van der Waals surface area contributed by atoms with Crippen LogP contribution < -0.4 is 10.6 Å². The van der Waals surface area contributed by atoms with Crippen LogP contribution in [0.2, 0.25) is 0 Å². The quantitative estimate of drug-likeness (QED) is 0.664. The summed E-state index contributed by atoms with van der Waals surface area (Å²) in [5.74, 6) is -1.08. The van der Waals surface area contributed by atoms with Gasteiger partial charge in [0.25, 0.3) is 0 Å². The standard InChI is InChI=1S/C12H18N4O3/c1-16(2)5-3-4-14-12(19)15-10-6-9(11(17)18)7-13-8-10/h6-8H,3-5H2,1-2H3,(H,17,18)(H2,14,15,19). The lowest BCUT2D eigenvalue weighted by atomic mass is 10.2. The van der Waals surface area contributed by atoms with Gasteiger partial charge in [0.15, 0.2) is 0 Å². The molecule has 0 atom stereocenters. The van der Waals surface area contributed by atoms with Crippen molar-refractivity contribution in [2.45, 2.75) is 6.42 Å². The van der Waals surface area contributed by atoms with Gasteiger partial charge < -0.3 is 20.6 Å². The second kappa shape index (κ2) is 7.32. The number of aromatic carboxylic acids is 1. The van der Waals surface area contributed by atoms with Gasteiger partial charge in [0.05, 0.1) is 17.4 Å². The fraction of sp³-hybridized carbons (Fsp3) is 0.417. The second-order valence-electron chi connectivity index (χ2n) is 4.31. The van der Waals surface area contributed by atoms with Gasteiger partial charge in [-0.05, 0) is 33.1 Å². The van der Waals surface area contributed by atoms with E-state index in [2.05, 4.69) is 15.6 Å². The minimum atomic E-state index is -1.08. The van der Waals surface area contributed by atoms with Crippen LogP contribution in [0.3, 0.4) is 0 Å². The van der Waals surface area contributed by atoms with Gasteiger partial charge in [-0.15, -0.1) is 0 Å². The molecular formula is C12H18N4O3. The van der Waals surface area contributed by atoms with Gasteiger partial charge >= 0.3 is 12.0 Å². The van der Waals surface area contributed by atoms with Crippen LogP contribution in [0.4, 0.5) is 10.5 Å². The number of nitrogens with one attached hydrogen (secondary N) is 2. The Morgan fingerprint density at radius 2 is 2.11 bits per heavy atom. The highest BCUT2D eigenvalue weighted by Crippen LogP contribution is 2.07. The summed E-state index contributed by atoms with van der Waals surface area (Å²) in [6.45, 7) is 1.44. The van der Waals surface area contributed by atoms with Crippen LogP contribution in [-0.4, -0.2) is 54.2 Å². The van der Waals surface area contributed by atoms with Crippen molar-refractivity contribution in [3.63, 3.8) is 0 Å². The average molecular weight is 266 g/mol. The highest BCUT2D eigenvalue weighted by molar-refractivity contribution is 5.92. The Bertz CT molecular complexity index is 448. The first-order chi connectivity index (χ1) is 8.99. The zero-order valence-electron chi connectivity index (χ0n) is 11.0. The van der Waals surface area contributed by atoms with E-state index in [1.807, 2.05) is 19.0 Å². The van der Waals surface area contributed by atoms with Crippen molar-refractivity contribution in [2.24, 2.45) is 0 Å². The van der Waals surface area contributed by atoms with E-state index < -0.39 is 5.97 Å². The van der Waals surface area contributed by atoms with E-state index in [0.717, 1.165) is 13.0 Å². The number of pyridine rings is 1. The Kier molecular flexibility index (Phi) is 5.74. The third kappa shape index (κ3) is 5.82. The number of nitrogens with zero attached hydrogens (tertiary/aromatic N) is 2. The number of carboxylic acid groups (broad SMARTS) is 1. The summed E-state index contributed by atoms with van der Waals surface area (Å²) < 4.78 is 0. The van der Waals surface area contributed by atoms with Gasteiger partial charge in [-0.25, -0.2) is 9.59 Å². The largest absolute Gasteiger partial charge is 0.478 e. The lowest BCUT2D eigenvalue weighted by Gasteiger charge is -2.10. The number of carbonyl (C=O) groups excluding carboxylic acids is 1. The molecule has 0 aliphatic carbocycles. The number of carboxylic acids is 1. The SMILES string of the molecule is CN(C)CCCNC(=O)Nc1cncc(C(=O)O)c1. The van der Waals surface area contributed by atoms with Crippen molar-refractivity contribution in [3.8, 4) is 0 Å². The van der Waals surface area contributed by atoms with Crippen LogP contribution in [0, 0.1) is 0 Å². The van der Waals surface area contributed by atoms with E-state index in [1.165, 1.54) is 18.5 Å². The van der Waals surface area contributed by atoms with Gasteiger partial charge in [0.1, 0.15) is 0 Å². The molecule has 0 spiro atoms. The summed E-state index contributed by atoms with van der Waals surface area (Å²) in [7, 11) is 3.92. The van der Waals surface area contributed by atoms with E-state index in [9.17, 15) is 9.59 Å². The molecule has 2 amide bonds. The molecule has 7 nitrogen and oxygen atoms in total. The maximum atomic E-state index is 11.5. The highest BCUT2D eigenvalue weighted by Gasteiger charge is 2.06. The molecule has 0 unspecified atom stereocenters. The number of carbonyl (C=O) groups is 2. The van der Waals surface area contributed by atoms with Crippen LogP contribution in [-0.2, 0) is 0 Å². The number of rotatable bonds is 6. The van der Waals surface area contributed by atoms with Gasteiger partial charge in [-0.3, -0.25) is 4.98 Å². The number of aromatic nitrogens is 1. The first-order valence-corrected chi connectivity index (χ1v) is 5.87. The summed E-state index contributed by atoms with van der Waals surface area (Å²) in [6.07, 6.45) is 3.46. The zero-order chi connectivity index (χ0) is 14.3. The minimum Gasteiger partial charge on any atom is -0.478 e. The van der Waals surface area contributed by atoms with Crippen molar-refractivity contribution >= 4 is 17.7 Å². The Morgan fingerprint density at radius 3 is 2.74 bits per heavy atom. The zero-order valence-corrected chi connectivity index (χ0v) is 11.0. The average Bonchev–Trinajstić information content (AvgIpc) is 2.34. The highest BCUT2D eigenvalue weighted by atomic mass is 16.4. The van der Waals surface area contributed by atoms with E-state index in [4.69, 9.17) is 5.11 Å². The van der Waals surface area contributed by atoms with E-state index >= 15 is 0 Å². The summed E-state index contributed by atoms with van der Waals surface area (Å²) in [5.41, 5.74) is 0.385. The summed E-state index contributed by atoms with van der Waals surface area (Å²) in [6, 6.07) is 0.984. The molecule has 3 N–H and O–H groups in total. The number of anilines is 1. The first kappa shape index (κ1) is 14.9. The van der Waals surface area contributed by atoms with Gasteiger partial charge in [-0.1, -0.05) is 0 Å². The van der Waals surface area contributed by atoms with Gasteiger partial charge in [0, 0.05) is 12.7 Å². The molecule has 1 aromatic heterocycles. The Labute approximate surface area is 111 Å². The molecule has 1 aromatic rings. The summed E-state index contributed by atoms with van der Waals surface area (Å²) in [5, 5.41) is 14.0. The van der Waals surface area contributed by atoms with Crippen molar-refractivity contribution in [2.75, 3.05) is 32.5 Å². The van der Waals surface area contributed by atoms with Crippen molar-refractivity contribution < 1.29 is 14.7 Å². The Morgan fingerprint density at radius 1 is 1.37 bits per heavy atom. The molecule has 0 saturated carbocycles. The van der Waals surface area contributed by atoms with Crippen LogP contribution in [0.1, 0.15) is 16.8 Å². The van der Waals surface area contributed by atoms with Crippen LogP contribution in [0.25, 0.3) is 0 Å². The molecule has 0 saturated heterocycles. The molecule has 1 heterocycles. The first-order valence-electron chi connectivity index (χ1n) is 5.87. The van der Waals surface area contributed by atoms with Crippen molar-refractivity contribution in [3.05, 3.63) is 24.0 Å². The summed E-state index contributed by atoms with van der Waals surface area (Å²) >= 11 is 0. The van der Waals surface area contributed by atoms with Gasteiger partial charge in [-0.2, -0.15) is 0 Å². The van der Waals surface area contributed by atoms with Crippen LogP contribution in [0.15, 0.2) is 18.5 Å². The van der Waals surface area contributed by atoms with E-state index in [1.54, 1.807) is 0 Å². The Balaban J connectivity index is 2.40. The number of hydrogen-bond donors (Lipinski definition) is 3. The van der Waals surface area contributed by atoms with Crippen LogP contribution in [0.5, 0.6) is 0 Å². The van der Waals surface area contributed by atoms with Gasteiger partial charge in [0.2, 0.25) is 0 Å². The monoisotopic (exact) mass is 266 g/mol. The fourth-order valence-electron chi connectivity index (χ4n) is 1.40. The Hall–Kier alpha value is -2.15. The molecule has 0 aromatic carbocycles. The second-order valence-corrected chi connectivity index (χ2v) is 4.31. The van der Waals surface area contributed by atoms with E-state index in [0.29, 0.717) is 12.2 Å². The fourth-order valence-corrected chi connectivity index (χ4v) is 1.40. The third-order valence-corrected chi connectivity index (χ3v) is 2.31. The van der Waals surface area contributed by atoms with Crippen molar-refractivity contribution in [1.29, 1.82) is 0 Å². The number of amides is 2. The predicted octanol–water partition coefficient (Wildman–Crippen LogP) is 0.853. The minimum absolute atomic E-state index is 0.0328. The predicted molar refractivity (Wildman–Crippen MR) is 71.4 cm³/mol. The van der Waals surface area contributed by atoms with Crippen molar-refractivity contribution in [1.82, 2.24) is 15.2 Å². The molecule has 1 rings (SSSR count). The normalized spacial score (nSPS) is 10.3. The molecule has 19 heavy (non-hydrogen) atoms. The molecule has 0 fully saturated rings. The molecule has 0 bridgehead atoms. The molecule has 0 aliphatic rings. The number of hydrogen-bond acceptors (Lipinski definition) is 4. The van der Waals surface area contributed by atoms with E-state index in [-0.39, 0.29) is 11.6 Å².